The van der Waals surface area contributed by atoms with Crippen molar-refractivity contribution in [2.75, 3.05) is 26.2 Å². The third-order valence-electron chi connectivity index (χ3n) is 8.61. The number of carboxylic acids is 3. The van der Waals surface area contributed by atoms with Gasteiger partial charge in [-0.05, 0) is 25.7 Å². The van der Waals surface area contributed by atoms with Crippen molar-refractivity contribution < 1.29 is 34.2 Å². The van der Waals surface area contributed by atoms with E-state index in [4.69, 9.17) is 15.3 Å². The minimum atomic E-state index is -0.823. The number of allylic oxidation sites excluding steroid dienone is 1. The monoisotopic (exact) mass is 596 g/mol. The second-order valence-corrected chi connectivity index (χ2v) is 12.5. The highest BCUT2D eigenvalue weighted by Crippen LogP contribution is 2.19. The molecular formula is C35H66NO6+. The summed E-state index contributed by atoms with van der Waals surface area (Å²) in [5.41, 5.74) is 0. The fourth-order valence-electron chi connectivity index (χ4n) is 6.11. The Hall–Kier alpha value is -1.89. The average Bonchev–Trinajstić information content (AvgIpc) is 2.93. The molecule has 0 aliphatic rings. The molecule has 0 radical (unpaired) electrons. The summed E-state index contributed by atoms with van der Waals surface area (Å²) in [6.45, 7) is 6.66. The Labute approximate surface area is 257 Å². The molecular weight excluding hydrogens is 530 g/mol. The summed E-state index contributed by atoms with van der Waals surface area (Å²) in [5, 5.41) is 27.3. The Kier molecular flexibility index (Phi) is 27.9. The van der Waals surface area contributed by atoms with E-state index in [0.29, 0.717) is 43.4 Å². The van der Waals surface area contributed by atoms with Gasteiger partial charge in [-0.3, -0.25) is 14.4 Å². The lowest BCUT2D eigenvalue weighted by Crippen LogP contribution is -2.51. The van der Waals surface area contributed by atoms with Gasteiger partial charge in [0.1, 0.15) is 0 Å². The lowest BCUT2D eigenvalue weighted by molar-refractivity contribution is -0.929. The summed E-state index contributed by atoms with van der Waals surface area (Å²) in [7, 11) is 0. The van der Waals surface area contributed by atoms with Gasteiger partial charge in [0.15, 0.2) is 0 Å². The van der Waals surface area contributed by atoms with Crippen molar-refractivity contribution in [3.05, 3.63) is 12.7 Å². The first-order valence-corrected chi connectivity index (χ1v) is 17.4. The molecule has 0 rings (SSSR count). The first kappa shape index (κ1) is 40.1. The summed E-state index contributed by atoms with van der Waals surface area (Å²) in [4.78, 5) is 33.2. The van der Waals surface area contributed by atoms with Crippen LogP contribution in [0, 0.1) is 0 Å². The van der Waals surface area contributed by atoms with Gasteiger partial charge in [0.25, 0.3) is 0 Å². The fourth-order valence-corrected chi connectivity index (χ4v) is 6.11. The number of aliphatic carboxylic acids is 3. The molecule has 7 nitrogen and oxygen atoms in total. The Morgan fingerprint density at radius 1 is 0.405 bits per heavy atom. The van der Waals surface area contributed by atoms with Crippen molar-refractivity contribution in [1.82, 2.24) is 0 Å². The molecule has 7 heteroatoms. The molecule has 0 aromatic heterocycles. The number of rotatable bonds is 34. The summed E-state index contributed by atoms with van der Waals surface area (Å²) < 4.78 is 0.643. The highest BCUT2D eigenvalue weighted by Gasteiger charge is 2.27. The average molecular weight is 597 g/mol. The van der Waals surface area contributed by atoms with E-state index < -0.39 is 17.9 Å². The maximum atomic E-state index is 11.1. The minimum Gasteiger partial charge on any atom is -0.481 e. The molecule has 0 unspecified atom stereocenters. The zero-order valence-corrected chi connectivity index (χ0v) is 27.0. The number of unbranched alkanes of at least 4 members (excludes halogenated alkanes) is 19. The van der Waals surface area contributed by atoms with Crippen LogP contribution in [0.4, 0.5) is 0 Å². The smallest absolute Gasteiger partial charge is 0.303 e. The molecule has 42 heavy (non-hydrogen) atoms. The number of nitrogens with zero attached hydrogens (tertiary/aromatic N) is 1. The van der Waals surface area contributed by atoms with E-state index in [1.54, 1.807) is 0 Å². The standard InChI is InChI=1S/C35H65NO6/c1-2-3-4-5-6-7-8-9-10-11-12-13-14-15-16-17-18-19-20-21-22-29-36(30-23-26-33(37)38,31-24-27-34(39)40)32-25-28-35(41)42/h2H,1,3-32H2,(H2-,37,38,39,40,41,42)/p+1. The van der Waals surface area contributed by atoms with Gasteiger partial charge in [0.05, 0.1) is 45.4 Å². The lowest BCUT2D eigenvalue weighted by Gasteiger charge is -2.39. The van der Waals surface area contributed by atoms with E-state index in [2.05, 4.69) is 6.58 Å². The van der Waals surface area contributed by atoms with Crippen LogP contribution in [0.1, 0.15) is 167 Å². The van der Waals surface area contributed by atoms with Crippen LogP contribution in [-0.2, 0) is 14.4 Å². The highest BCUT2D eigenvalue weighted by atomic mass is 16.4. The third-order valence-corrected chi connectivity index (χ3v) is 8.61. The number of carboxylic acid groups (broad SMARTS) is 3. The Balaban J connectivity index is 3.99. The summed E-state index contributed by atoms with van der Waals surface area (Å²) in [6, 6.07) is 0. The lowest BCUT2D eigenvalue weighted by atomic mass is 10.0. The van der Waals surface area contributed by atoms with Gasteiger partial charge in [-0.25, -0.2) is 0 Å². The van der Waals surface area contributed by atoms with Crippen LogP contribution in [0.15, 0.2) is 12.7 Å². The Morgan fingerprint density at radius 2 is 0.643 bits per heavy atom. The molecule has 0 aromatic rings. The van der Waals surface area contributed by atoms with E-state index >= 15 is 0 Å². The van der Waals surface area contributed by atoms with Gasteiger partial charge >= 0.3 is 17.9 Å². The zero-order valence-electron chi connectivity index (χ0n) is 27.0. The van der Waals surface area contributed by atoms with Gasteiger partial charge in [-0.15, -0.1) is 6.58 Å². The predicted molar refractivity (Wildman–Crippen MR) is 173 cm³/mol. The molecule has 0 aliphatic carbocycles. The molecule has 0 aromatic carbocycles. The molecule has 0 amide bonds. The number of carbonyl (C=O) groups is 3. The first-order valence-electron chi connectivity index (χ1n) is 17.4. The van der Waals surface area contributed by atoms with Gasteiger partial charge in [0, 0.05) is 19.3 Å². The van der Waals surface area contributed by atoms with Crippen LogP contribution in [-0.4, -0.2) is 63.9 Å². The van der Waals surface area contributed by atoms with Crippen LogP contribution < -0.4 is 0 Å². The molecule has 0 fully saturated rings. The summed E-state index contributed by atoms with van der Waals surface area (Å²) >= 11 is 0. The molecule has 3 N–H and O–H groups in total. The van der Waals surface area contributed by atoms with Crippen LogP contribution in [0.3, 0.4) is 0 Å². The van der Waals surface area contributed by atoms with Crippen molar-refractivity contribution in [2.45, 2.75) is 167 Å². The van der Waals surface area contributed by atoms with Crippen molar-refractivity contribution in [2.24, 2.45) is 0 Å². The van der Waals surface area contributed by atoms with Crippen molar-refractivity contribution in [3.63, 3.8) is 0 Å². The Bertz CT molecular complexity index is 630. The molecule has 0 bridgehead atoms. The van der Waals surface area contributed by atoms with Crippen LogP contribution >= 0.6 is 0 Å². The predicted octanol–water partition coefficient (Wildman–Crippen LogP) is 9.39. The van der Waals surface area contributed by atoms with Gasteiger partial charge in [-0.2, -0.15) is 0 Å². The second kappa shape index (κ2) is 29.2. The van der Waals surface area contributed by atoms with Crippen LogP contribution in [0.5, 0.6) is 0 Å². The van der Waals surface area contributed by atoms with Crippen LogP contribution in [0.25, 0.3) is 0 Å². The molecule has 0 aliphatic heterocycles. The van der Waals surface area contributed by atoms with E-state index in [9.17, 15) is 14.4 Å². The molecule has 0 spiro atoms. The summed E-state index contributed by atoms with van der Waals surface area (Å²) in [6.07, 6.45) is 30.1. The van der Waals surface area contributed by atoms with E-state index in [-0.39, 0.29) is 19.3 Å². The number of hydrogen-bond donors (Lipinski definition) is 3. The Morgan fingerprint density at radius 3 is 0.905 bits per heavy atom. The number of quaternary nitrogens is 1. The fraction of sp³-hybridized carbons (Fsp3) is 0.857. The second-order valence-electron chi connectivity index (χ2n) is 12.5. The van der Waals surface area contributed by atoms with Crippen molar-refractivity contribution in [1.29, 1.82) is 0 Å². The SMILES string of the molecule is C=CCCCCCCCCCCCCCCCCCCCCC[N+](CCCC(=O)O)(CCCC(=O)O)CCCC(=O)O. The van der Waals surface area contributed by atoms with E-state index in [1.165, 1.54) is 116 Å². The van der Waals surface area contributed by atoms with E-state index in [1.807, 2.05) is 6.08 Å². The molecule has 246 valence electrons. The van der Waals surface area contributed by atoms with Gasteiger partial charge in [-0.1, -0.05) is 109 Å². The molecule has 0 atom stereocenters. The normalized spacial score (nSPS) is 11.5. The molecule has 0 saturated heterocycles. The molecule has 0 heterocycles. The quantitative estimate of drug-likeness (QED) is 0.0387. The third kappa shape index (κ3) is 28.2. The van der Waals surface area contributed by atoms with Crippen molar-refractivity contribution in [3.8, 4) is 0 Å². The van der Waals surface area contributed by atoms with Gasteiger partial charge < -0.3 is 19.8 Å². The maximum absolute atomic E-state index is 11.1. The largest absolute Gasteiger partial charge is 0.481 e. The zero-order chi connectivity index (χ0) is 31.2. The number of hydrogen-bond acceptors (Lipinski definition) is 3. The molecule has 0 saturated carbocycles. The van der Waals surface area contributed by atoms with Gasteiger partial charge in [0.2, 0.25) is 0 Å². The topological polar surface area (TPSA) is 112 Å². The minimum absolute atomic E-state index is 0.0923. The first-order chi connectivity index (χ1) is 20.3. The van der Waals surface area contributed by atoms with Crippen LogP contribution in [0.2, 0.25) is 0 Å². The summed E-state index contributed by atoms with van der Waals surface area (Å²) in [5.74, 6) is -2.47. The maximum Gasteiger partial charge on any atom is 0.303 e. The van der Waals surface area contributed by atoms with E-state index in [0.717, 1.165) is 19.4 Å². The highest BCUT2D eigenvalue weighted by molar-refractivity contribution is 5.67. The van der Waals surface area contributed by atoms with Crippen molar-refractivity contribution >= 4 is 17.9 Å².